The minimum absolute atomic E-state index is 0.474. The third-order valence-corrected chi connectivity index (χ3v) is 11.4. The summed E-state index contributed by atoms with van der Waals surface area (Å²) in [6, 6.07) is 71.7. The summed E-state index contributed by atoms with van der Waals surface area (Å²) in [4.78, 5) is 15.7. The van der Waals surface area contributed by atoms with E-state index in [1.165, 1.54) is 49.5 Å². The quantitative estimate of drug-likeness (QED) is 0.179. The van der Waals surface area contributed by atoms with Gasteiger partial charge in [0.1, 0.15) is 0 Å². The molecule has 3 nitrogen and oxygen atoms in total. The van der Waals surface area contributed by atoms with E-state index in [2.05, 4.69) is 200 Å². The fourth-order valence-corrected chi connectivity index (χ4v) is 8.91. The largest absolute Gasteiger partial charge is 0.208 e. The summed E-state index contributed by atoms with van der Waals surface area (Å²) >= 11 is 0. The lowest BCUT2D eigenvalue weighted by Gasteiger charge is -2.34. The second kappa shape index (κ2) is 12.4. The first-order valence-electron chi connectivity index (χ1n) is 18.8. The minimum Gasteiger partial charge on any atom is -0.208 e. The van der Waals surface area contributed by atoms with E-state index in [9.17, 15) is 0 Å². The van der Waals surface area contributed by atoms with Gasteiger partial charge < -0.3 is 0 Å². The van der Waals surface area contributed by atoms with Crippen molar-refractivity contribution in [2.75, 3.05) is 0 Å². The molecule has 0 bridgehead atoms. The number of hydrogen-bond donors (Lipinski definition) is 0. The van der Waals surface area contributed by atoms with E-state index in [-0.39, 0.29) is 0 Å². The first-order chi connectivity index (χ1) is 27.3. The SMILES string of the molecule is c1ccc(C2(c3ccccc3)c3ccccc3-c3c2ccc2c(-c4nc(-c5ccc6ccccc6c5)nc(-c5ccc6ccccc6c5)n4)cccc32)cc1. The van der Waals surface area contributed by atoms with Crippen LogP contribution in [0.3, 0.4) is 0 Å². The van der Waals surface area contributed by atoms with Crippen LogP contribution in [0.5, 0.6) is 0 Å². The molecule has 0 radical (unpaired) electrons. The highest BCUT2D eigenvalue weighted by Crippen LogP contribution is 2.58. The van der Waals surface area contributed by atoms with Gasteiger partial charge in [-0.05, 0) is 77.8 Å². The molecule has 0 fully saturated rings. The van der Waals surface area contributed by atoms with E-state index >= 15 is 0 Å². The third-order valence-electron chi connectivity index (χ3n) is 11.4. The number of aromatic nitrogens is 3. The van der Waals surface area contributed by atoms with Crippen LogP contribution < -0.4 is 0 Å². The lowest BCUT2D eigenvalue weighted by atomic mass is 9.67. The van der Waals surface area contributed by atoms with Gasteiger partial charge in [0.15, 0.2) is 17.5 Å². The summed E-state index contributed by atoms with van der Waals surface area (Å²) < 4.78 is 0. The number of hydrogen-bond acceptors (Lipinski definition) is 3. The van der Waals surface area contributed by atoms with Crippen molar-refractivity contribution in [3.63, 3.8) is 0 Å². The van der Waals surface area contributed by atoms with Crippen molar-refractivity contribution in [3.8, 4) is 45.3 Å². The van der Waals surface area contributed by atoms with E-state index in [0.717, 1.165) is 32.8 Å². The Labute approximate surface area is 319 Å². The van der Waals surface area contributed by atoms with Crippen molar-refractivity contribution < 1.29 is 0 Å². The highest BCUT2D eigenvalue weighted by atomic mass is 15.0. The highest BCUT2D eigenvalue weighted by Gasteiger charge is 2.46. The molecule has 0 unspecified atom stereocenters. The van der Waals surface area contributed by atoms with E-state index in [0.29, 0.717) is 17.5 Å². The molecule has 0 aliphatic heterocycles. The molecule has 3 heteroatoms. The Morgan fingerprint density at radius 1 is 0.309 bits per heavy atom. The predicted molar refractivity (Wildman–Crippen MR) is 226 cm³/mol. The summed E-state index contributed by atoms with van der Waals surface area (Å²) in [5.41, 5.74) is 9.97. The van der Waals surface area contributed by atoms with Crippen molar-refractivity contribution in [1.82, 2.24) is 15.0 Å². The second-order valence-electron chi connectivity index (χ2n) is 14.3. The van der Waals surface area contributed by atoms with Crippen LogP contribution >= 0.6 is 0 Å². The molecule has 9 aromatic carbocycles. The van der Waals surface area contributed by atoms with Gasteiger partial charge in [0.05, 0.1) is 5.41 Å². The predicted octanol–water partition coefficient (Wildman–Crippen LogP) is 12.7. The first kappa shape index (κ1) is 31.3. The van der Waals surface area contributed by atoms with Gasteiger partial charge in [-0.3, -0.25) is 0 Å². The zero-order valence-corrected chi connectivity index (χ0v) is 29.9. The molecular formula is C52H33N3. The Morgan fingerprint density at radius 2 is 0.818 bits per heavy atom. The molecule has 0 spiro atoms. The number of benzene rings is 9. The number of rotatable bonds is 5. The van der Waals surface area contributed by atoms with Gasteiger partial charge in [-0.1, -0.05) is 188 Å². The van der Waals surface area contributed by atoms with Gasteiger partial charge in [-0.2, -0.15) is 0 Å². The minimum atomic E-state index is -0.474. The maximum atomic E-state index is 5.26. The van der Waals surface area contributed by atoms with Crippen molar-refractivity contribution >= 4 is 32.3 Å². The molecule has 0 atom stereocenters. The lowest BCUT2D eigenvalue weighted by molar-refractivity contribution is 0.769. The zero-order valence-electron chi connectivity index (χ0n) is 29.9. The van der Waals surface area contributed by atoms with Crippen LogP contribution in [0.15, 0.2) is 200 Å². The summed E-state index contributed by atoms with van der Waals surface area (Å²) in [5.74, 6) is 1.94. The summed E-state index contributed by atoms with van der Waals surface area (Å²) in [5, 5.41) is 6.94. The van der Waals surface area contributed by atoms with Gasteiger partial charge in [0.2, 0.25) is 0 Å². The molecule has 10 aromatic rings. The topological polar surface area (TPSA) is 38.7 Å². The summed E-state index contributed by atoms with van der Waals surface area (Å²) in [7, 11) is 0. The third kappa shape index (κ3) is 4.87. The molecule has 1 aromatic heterocycles. The Balaban J connectivity index is 1.17. The van der Waals surface area contributed by atoms with Crippen LogP contribution in [0.4, 0.5) is 0 Å². The first-order valence-corrected chi connectivity index (χ1v) is 18.8. The van der Waals surface area contributed by atoms with Crippen molar-refractivity contribution in [2.45, 2.75) is 5.41 Å². The highest BCUT2D eigenvalue weighted by molar-refractivity contribution is 6.08. The molecule has 0 saturated heterocycles. The molecule has 0 amide bonds. The standard InChI is InChI=1S/C52H33N3/c1-3-18-40(19-4-1)52(41-20-5-2-6-21-41)46-25-12-11-22-45(46)48-43-23-13-24-44(42(43)30-31-47(48)52)51-54-49(38-28-26-34-14-7-9-16-36(34)32-38)53-50(55-51)39-29-27-35-15-8-10-17-37(35)33-39/h1-33H. The molecule has 1 heterocycles. The molecule has 55 heavy (non-hydrogen) atoms. The maximum absolute atomic E-state index is 5.26. The van der Waals surface area contributed by atoms with Crippen LogP contribution in [0.25, 0.3) is 77.6 Å². The Bertz CT molecular complexity index is 2960. The van der Waals surface area contributed by atoms with E-state index in [1.807, 2.05) is 0 Å². The number of fused-ring (bicyclic) bond motifs is 7. The molecule has 0 N–H and O–H groups in total. The van der Waals surface area contributed by atoms with Crippen LogP contribution in [0, 0.1) is 0 Å². The second-order valence-corrected chi connectivity index (χ2v) is 14.3. The molecule has 0 saturated carbocycles. The van der Waals surface area contributed by atoms with Crippen LogP contribution in [0.2, 0.25) is 0 Å². The van der Waals surface area contributed by atoms with Gasteiger partial charge >= 0.3 is 0 Å². The Kier molecular flexibility index (Phi) is 7.08. The molecule has 256 valence electrons. The normalized spacial score (nSPS) is 12.9. The van der Waals surface area contributed by atoms with Crippen LogP contribution in [-0.4, -0.2) is 15.0 Å². The average Bonchev–Trinajstić information content (AvgIpc) is 3.58. The fourth-order valence-electron chi connectivity index (χ4n) is 8.91. The van der Waals surface area contributed by atoms with Crippen molar-refractivity contribution in [2.24, 2.45) is 0 Å². The van der Waals surface area contributed by atoms with Gasteiger partial charge in [0.25, 0.3) is 0 Å². The number of nitrogens with zero attached hydrogens (tertiary/aromatic N) is 3. The molecule has 1 aliphatic carbocycles. The van der Waals surface area contributed by atoms with Crippen molar-refractivity contribution in [3.05, 3.63) is 222 Å². The monoisotopic (exact) mass is 699 g/mol. The Morgan fingerprint density at radius 3 is 1.44 bits per heavy atom. The van der Waals surface area contributed by atoms with Gasteiger partial charge in [-0.15, -0.1) is 0 Å². The molecule has 11 rings (SSSR count). The van der Waals surface area contributed by atoms with E-state index in [4.69, 9.17) is 15.0 Å². The fraction of sp³-hybridized carbons (Fsp3) is 0.0192. The van der Waals surface area contributed by atoms with E-state index < -0.39 is 5.41 Å². The summed E-state index contributed by atoms with van der Waals surface area (Å²) in [6.45, 7) is 0. The van der Waals surface area contributed by atoms with E-state index in [1.54, 1.807) is 0 Å². The Hall–Kier alpha value is -7.23. The van der Waals surface area contributed by atoms with Gasteiger partial charge in [-0.25, -0.2) is 15.0 Å². The lowest BCUT2D eigenvalue weighted by Crippen LogP contribution is -2.28. The smallest absolute Gasteiger partial charge is 0.164 e. The van der Waals surface area contributed by atoms with Crippen LogP contribution in [0.1, 0.15) is 22.3 Å². The molecule has 1 aliphatic rings. The zero-order chi connectivity index (χ0) is 36.3. The van der Waals surface area contributed by atoms with Gasteiger partial charge in [0, 0.05) is 16.7 Å². The van der Waals surface area contributed by atoms with Crippen LogP contribution in [-0.2, 0) is 5.41 Å². The molecular weight excluding hydrogens is 667 g/mol. The van der Waals surface area contributed by atoms with Crippen molar-refractivity contribution in [1.29, 1.82) is 0 Å². The average molecular weight is 700 g/mol. The maximum Gasteiger partial charge on any atom is 0.164 e. The summed E-state index contributed by atoms with van der Waals surface area (Å²) in [6.07, 6.45) is 0.